The Hall–Kier alpha value is -14.0. The van der Waals surface area contributed by atoms with Gasteiger partial charge in [0.1, 0.15) is 0 Å². The van der Waals surface area contributed by atoms with Crippen LogP contribution in [0.25, 0.3) is 66.8 Å². The van der Waals surface area contributed by atoms with Gasteiger partial charge in [0.15, 0.2) is 0 Å². The average Bonchev–Trinajstić information content (AvgIpc) is 1.53. The van der Waals surface area contributed by atoms with E-state index in [4.69, 9.17) is 0 Å². The summed E-state index contributed by atoms with van der Waals surface area (Å²) in [5.74, 6) is 1.50. The van der Waals surface area contributed by atoms with Gasteiger partial charge in [-0.3, -0.25) is 0 Å². The van der Waals surface area contributed by atoms with Crippen molar-refractivity contribution in [2.24, 2.45) is 11.8 Å². The standard InChI is InChI=1S/3C29H26.C25H34.2C17H18/c3*1-19-5-11-23(12-6-19)29(24-13-7-20(2)8-14-24)27-17-21(3)9-15-25(27)26-16-10-22(4)18-28(26)29;1-17(2)11-13-25(14-12-18(3)4)23-15-19(5)7-9-21(23)22-10-8-20(6)16-24(22)25;2*1-11-5-7-13-14-8-6-12(2)10-16(14)17(3,4)15(13)9-11/h3*5-18H,1-4H3;7-10,15-18H,11-14H2,1-6H3;2*5-10H,1-4H3. The molecule has 0 nitrogen and oxygen atoms in total. The van der Waals surface area contributed by atoms with Crippen molar-refractivity contribution in [1.82, 2.24) is 0 Å². The molecule has 0 spiro atoms. The molecule has 24 rings (SSSR count). The van der Waals surface area contributed by atoms with Gasteiger partial charge in [-0.15, -0.1) is 0 Å². The highest BCUT2D eigenvalue weighted by Crippen LogP contribution is 2.62. The fraction of sp³-hybridized carbons (Fsp3) is 0.260. The van der Waals surface area contributed by atoms with E-state index < -0.39 is 0 Å². The first-order chi connectivity index (χ1) is 69.8. The van der Waals surface area contributed by atoms with Crippen molar-refractivity contribution in [3.8, 4) is 66.8 Å². The Morgan fingerprint density at radius 3 is 0.404 bits per heavy atom. The summed E-state index contributed by atoms with van der Waals surface area (Å²) in [6, 6.07) is 138. The molecule has 0 unspecified atom stereocenters. The minimum Gasteiger partial charge on any atom is -0.0628 e. The smallest absolute Gasteiger partial charge is 0.0628 e. The van der Waals surface area contributed by atoms with E-state index in [-0.39, 0.29) is 32.5 Å². The molecule has 0 amide bonds. The van der Waals surface area contributed by atoms with Gasteiger partial charge in [0.05, 0.1) is 16.2 Å². The van der Waals surface area contributed by atoms with Crippen molar-refractivity contribution >= 4 is 0 Å². The molecule has 0 N–H and O–H groups in total. The molecule has 0 fully saturated rings. The quantitative estimate of drug-likeness (QED) is 0.114. The summed E-state index contributed by atoms with van der Waals surface area (Å²) in [5.41, 5.74) is 65.5. The summed E-state index contributed by atoms with van der Waals surface area (Å²) in [6.45, 7) is 58.1. The molecule has 0 saturated heterocycles. The van der Waals surface area contributed by atoms with Gasteiger partial charge in [0.2, 0.25) is 0 Å². The van der Waals surface area contributed by atoms with Crippen molar-refractivity contribution in [2.75, 3.05) is 0 Å². The van der Waals surface area contributed by atoms with Crippen molar-refractivity contribution < 1.29 is 0 Å². The van der Waals surface area contributed by atoms with E-state index in [1.165, 1.54) is 282 Å². The van der Waals surface area contributed by atoms with E-state index in [2.05, 4.69) is 544 Å². The maximum atomic E-state index is 2.48. The van der Waals surface area contributed by atoms with Gasteiger partial charge in [-0.1, -0.05) is 520 Å². The van der Waals surface area contributed by atoms with Gasteiger partial charge < -0.3 is 0 Å². The average molecular weight is 1900 g/mol. The molecule has 0 aromatic heterocycles. The first-order valence-corrected chi connectivity index (χ1v) is 53.6. The highest BCUT2D eigenvalue weighted by Gasteiger charge is 2.51. The summed E-state index contributed by atoms with van der Waals surface area (Å²) in [7, 11) is 0. The first-order valence-electron chi connectivity index (χ1n) is 53.6. The predicted octanol–water partition coefficient (Wildman–Crippen LogP) is 38.5. The Morgan fingerprint density at radius 2 is 0.260 bits per heavy atom. The number of aryl methyl sites for hydroxylation is 18. The molecular formula is C146H148. The zero-order chi connectivity index (χ0) is 103. The number of fused-ring (bicyclic) bond motifs is 18. The second-order valence-electron chi connectivity index (χ2n) is 46.2. The summed E-state index contributed by atoms with van der Waals surface area (Å²) >= 11 is 0. The van der Waals surface area contributed by atoms with E-state index in [1.807, 2.05) is 0 Å². The zero-order valence-corrected chi connectivity index (χ0v) is 91.6. The molecule has 732 valence electrons. The zero-order valence-electron chi connectivity index (χ0n) is 91.6. The predicted molar refractivity (Wildman–Crippen MR) is 625 cm³/mol. The van der Waals surface area contributed by atoms with Crippen LogP contribution in [0.3, 0.4) is 0 Å². The van der Waals surface area contributed by atoms with Crippen LogP contribution in [-0.4, -0.2) is 0 Å². The maximum Gasteiger partial charge on any atom is 0.0713 e. The molecule has 0 bridgehead atoms. The summed E-state index contributed by atoms with van der Waals surface area (Å²) in [6.07, 6.45) is 5.12. The van der Waals surface area contributed by atoms with Crippen LogP contribution >= 0.6 is 0 Å². The van der Waals surface area contributed by atoms with Crippen molar-refractivity contribution in [3.05, 3.63) is 564 Å². The Bertz CT molecular complexity index is 6930. The number of benzene rings is 18. The van der Waals surface area contributed by atoms with E-state index in [0.29, 0.717) is 0 Å². The fourth-order valence-electron chi connectivity index (χ4n) is 25.2. The number of hydrogen-bond donors (Lipinski definition) is 0. The minimum absolute atomic E-state index is 0.142. The van der Waals surface area contributed by atoms with Crippen molar-refractivity contribution in [1.29, 1.82) is 0 Å². The third kappa shape index (κ3) is 18.1. The van der Waals surface area contributed by atoms with Crippen molar-refractivity contribution in [3.63, 3.8) is 0 Å². The Balaban J connectivity index is 0.000000112. The molecule has 0 heterocycles. The lowest BCUT2D eigenvalue weighted by Crippen LogP contribution is -2.28. The largest absolute Gasteiger partial charge is 0.0713 e. The lowest BCUT2D eigenvalue weighted by Gasteiger charge is -2.34. The molecule has 18 aromatic carbocycles. The van der Waals surface area contributed by atoms with Crippen LogP contribution in [0.1, 0.15) is 281 Å². The number of hydrogen-bond acceptors (Lipinski definition) is 0. The van der Waals surface area contributed by atoms with Gasteiger partial charge >= 0.3 is 0 Å². The van der Waals surface area contributed by atoms with E-state index >= 15 is 0 Å². The van der Waals surface area contributed by atoms with Gasteiger partial charge in [-0.05, 0) is 329 Å². The fourth-order valence-corrected chi connectivity index (χ4v) is 25.2. The highest BCUT2D eigenvalue weighted by atomic mass is 14.5. The highest BCUT2D eigenvalue weighted by molar-refractivity contribution is 5.92. The Kier molecular flexibility index (Phi) is 27.4. The van der Waals surface area contributed by atoms with Gasteiger partial charge in [-0.25, -0.2) is 0 Å². The van der Waals surface area contributed by atoms with Crippen LogP contribution in [0.2, 0.25) is 0 Å². The molecule has 0 radical (unpaired) electrons. The molecular weight excluding hydrogens is 1750 g/mol. The van der Waals surface area contributed by atoms with Crippen LogP contribution in [-0.2, 0) is 32.5 Å². The summed E-state index contributed by atoms with van der Waals surface area (Å²) in [5, 5.41) is 0. The second kappa shape index (κ2) is 39.7. The van der Waals surface area contributed by atoms with Gasteiger partial charge in [-0.2, -0.15) is 0 Å². The van der Waals surface area contributed by atoms with E-state index in [9.17, 15) is 0 Å². The molecule has 0 atom stereocenters. The first kappa shape index (κ1) is 101. The Labute approximate surface area is 874 Å². The van der Waals surface area contributed by atoms with Crippen LogP contribution in [0.15, 0.2) is 364 Å². The third-order valence-corrected chi connectivity index (χ3v) is 33.2. The lowest BCUT2D eigenvalue weighted by molar-refractivity contribution is 0.364. The van der Waals surface area contributed by atoms with Gasteiger partial charge in [0, 0.05) is 16.2 Å². The number of rotatable bonds is 12. The summed E-state index contributed by atoms with van der Waals surface area (Å²) in [4.78, 5) is 0. The van der Waals surface area contributed by atoms with E-state index in [1.54, 1.807) is 11.1 Å². The van der Waals surface area contributed by atoms with Gasteiger partial charge in [0.25, 0.3) is 0 Å². The molecule has 0 saturated carbocycles. The SMILES string of the molecule is Cc1ccc(C2(c3ccc(C)cc3)c3cc(C)ccc3-c3ccc(C)cc32)cc1.Cc1ccc(C2(c3ccc(C)cc3)c3cc(C)ccc3-c3ccc(C)cc32)cc1.Cc1ccc(C2(c3ccc(C)cc3)c3cc(C)ccc3-c3ccc(C)cc32)cc1.Cc1ccc2c(c1)C(C)(C)c1cc(C)ccc1-2.Cc1ccc2c(c1)C(C)(C)c1cc(C)ccc1-2.Cc1ccc2c(c1)C(CCC(C)C)(CCC(C)C)c1cc(C)ccc1-2. The Morgan fingerprint density at radius 1 is 0.144 bits per heavy atom. The minimum atomic E-state index is -0.288. The maximum absolute atomic E-state index is 2.48. The molecule has 146 heavy (non-hydrogen) atoms. The molecule has 0 heteroatoms. The monoisotopic (exact) mass is 1900 g/mol. The van der Waals surface area contributed by atoms with Crippen LogP contribution < -0.4 is 0 Å². The normalized spacial score (nSPS) is 14.4. The molecule has 0 aliphatic heterocycles. The summed E-state index contributed by atoms with van der Waals surface area (Å²) < 4.78 is 0. The van der Waals surface area contributed by atoms with E-state index in [0.717, 1.165) is 11.8 Å². The van der Waals surface area contributed by atoms with Crippen LogP contribution in [0.4, 0.5) is 0 Å². The molecule has 6 aliphatic rings. The van der Waals surface area contributed by atoms with Crippen LogP contribution in [0.5, 0.6) is 0 Å². The van der Waals surface area contributed by atoms with Crippen LogP contribution in [0, 0.1) is 136 Å². The lowest BCUT2D eigenvalue weighted by atomic mass is 9.67. The molecule has 18 aromatic rings. The second-order valence-corrected chi connectivity index (χ2v) is 46.2. The van der Waals surface area contributed by atoms with Crippen molar-refractivity contribution in [2.45, 2.75) is 238 Å². The topological polar surface area (TPSA) is 0 Å². The molecule has 6 aliphatic carbocycles. The third-order valence-electron chi connectivity index (χ3n) is 33.2.